The lowest BCUT2D eigenvalue weighted by Crippen LogP contribution is -2.19. The second kappa shape index (κ2) is 5.25. The Morgan fingerprint density at radius 1 is 1.35 bits per heavy atom. The maximum absolute atomic E-state index is 5.96. The summed E-state index contributed by atoms with van der Waals surface area (Å²) in [5.74, 6) is 1.31. The molecule has 1 aromatic carbocycles. The molecule has 0 saturated carbocycles. The molecule has 5 heteroatoms. The van der Waals surface area contributed by atoms with Crippen molar-refractivity contribution in [3.63, 3.8) is 0 Å². The minimum atomic E-state index is 0.416. The van der Waals surface area contributed by atoms with Gasteiger partial charge in [0, 0.05) is 18.1 Å². The monoisotopic (exact) mass is 271 g/mol. The van der Waals surface area contributed by atoms with Crippen molar-refractivity contribution >= 4 is 34.2 Å². The van der Waals surface area contributed by atoms with E-state index in [0.29, 0.717) is 10.9 Å². The normalized spacial score (nSPS) is 11.6. The van der Waals surface area contributed by atoms with Gasteiger partial charge in [-0.25, -0.2) is 4.98 Å². The third-order valence-corrected chi connectivity index (χ3v) is 3.15. The third-order valence-electron chi connectivity index (χ3n) is 2.68. The van der Waals surface area contributed by atoms with Crippen LogP contribution in [0.3, 0.4) is 0 Å². The van der Waals surface area contributed by atoms with Crippen LogP contribution in [0.25, 0.3) is 11.0 Å². The van der Waals surface area contributed by atoms with Gasteiger partial charge in [0.1, 0.15) is 5.82 Å². The molecule has 1 heterocycles. The molecule has 0 bridgehead atoms. The van der Waals surface area contributed by atoms with Crippen molar-refractivity contribution < 1.29 is 0 Å². The van der Waals surface area contributed by atoms with Gasteiger partial charge in [-0.2, -0.15) is 0 Å². The zero-order valence-electron chi connectivity index (χ0n) is 9.95. The van der Waals surface area contributed by atoms with Crippen LogP contribution in [0.1, 0.15) is 5.82 Å². The van der Waals surface area contributed by atoms with E-state index in [9.17, 15) is 0 Å². The number of aromatic nitrogens is 2. The molecule has 0 aliphatic carbocycles. The highest BCUT2D eigenvalue weighted by atomic mass is 35.5. The molecule has 0 radical (unpaired) electrons. The van der Waals surface area contributed by atoms with Crippen LogP contribution in [0, 0.1) is 0 Å². The molecule has 0 spiro atoms. The molecule has 92 valence electrons. The summed E-state index contributed by atoms with van der Waals surface area (Å²) in [6.07, 6.45) is 0. The molecular weight excluding hydrogens is 257 g/mol. The molecule has 0 unspecified atom stereocenters. The minimum absolute atomic E-state index is 0.416. The molecule has 0 saturated heterocycles. The van der Waals surface area contributed by atoms with Gasteiger partial charge in [-0.15, -0.1) is 11.6 Å². The maximum atomic E-state index is 5.96. The Hall–Kier alpha value is -0.770. The van der Waals surface area contributed by atoms with Gasteiger partial charge < -0.3 is 9.47 Å². The first-order valence-corrected chi connectivity index (χ1v) is 6.38. The number of likely N-dealkylation sites (N-methyl/N-ethyl adjacent to an activating group) is 1. The predicted molar refractivity (Wildman–Crippen MR) is 72.9 cm³/mol. The molecule has 17 heavy (non-hydrogen) atoms. The lowest BCUT2D eigenvalue weighted by molar-refractivity contribution is 0.384. The molecule has 0 atom stereocenters. The van der Waals surface area contributed by atoms with Crippen LogP contribution in [0.15, 0.2) is 18.2 Å². The summed E-state index contributed by atoms with van der Waals surface area (Å²) in [7, 11) is 4.10. The number of halogens is 2. The predicted octanol–water partition coefficient (Wildman–Crippen LogP) is 2.99. The Morgan fingerprint density at radius 3 is 2.76 bits per heavy atom. The van der Waals surface area contributed by atoms with E-state index in [1.54, 1.807) is 0 Å². The Bertz CT molecular complexity index is 520. The average molecular weight is 272 g/mol. The van der Waals surface area contributed by atoms with Crippen molar-refractivity contribution in [1.29, 1.82) is 0 Å². The largest absolute Gasteiger partial charge is 0.326 e. The minimum Gasteiger partial charge on any atom is -0.326 e. The summed E-state index contributed by atoms with van der Waals surface area (Å²) in [4.78, 5) is 6.64. The number of hydrogen-bond acceptors (Lipinski definition) is 2. The molecule has 3 nitrogen and oxygen atoms in total. The Labute approximate surface area is 111 Å². The van der Waals surface area contributed by atoms with Gasteiger partial charge >= 0.3 is 0 Å². The number of hydrogen-bond donors (Lipinski definition) is 0. The molecule has 0 N–H and O–H groups in total. The second-order valence-corrected chi connectivity index (χ2v) is 4.95. The van der Waals surface area contributed by atoms with E-state index < -0.39 is 0 Å². The molecule has 2 aromatic rings. The summed E-state index contributed by atoms with van der Waals surface area (Å²) in [5, 5.41) is 0.705. The van der Waals surface area contributed by atoms with Crippen LogP contribution in [-0.2, 0) is 12.4 Å². The molecule has 0 amide bonds. The van der Waals surface area contributed by atoms with Crippen molar-refractivity contribution in [3.05, 3.63) is 29.0 Å². The Balaban J connectivity index is 2.43. The maximum Gasteiger partial charge on any atom is 0.124 e. The van der Waals surface area contributed by atoms with Crippen molar-refractivity contribution in [2.24, 2.45) is 0 Å². The van der Waals surface area contributed by atoms with Crippen LogP contribution in [0.5, 0.6) is 0 Å². The van der Waals surface area contributed by atoms with Gasteiger partial charge in [-0.1, -0.05) is 11.6 Å². The average Bonchev–Trinajstić information content (AvgIpc) is 2.63. The second-order valence-electron chi connectivity index (χ2n) is 4.25. The summed E-state index contributed by atoms with van der Waals surface area (Å²) >= 11 is 11.9. The summed E-state index contributed by atoms with van der Waals surface area (Å²) in [6.45, 7) is 1.84. The smallest absolute Gasteiger partial charge is 0.124 e. The first kappa shape index (κ1) is 12.7. The van der Waals surface area contributed by atoms with Gasteiger partial charge in [0.05, 0.1) is 16.9 Å². The zero-order valence-corrected chi connectivity index (χ0v) is 11.5. The Morgan fingerprint density at radius 2 is 2.12 bits per heavy atom. The number of benzene rings is 1. The zero-order chi connectivity index (χ0) is 12.4. The van der Waals surface area contributed by atoms with E-state index in [4.69, 9.17) is 23.2 Å². The third kappa shape index (κ3) is 2.73. The Kier molecular flexibility index (Phi) is 3.92. The topological polar surface area (TPSA) is 21.1 Å². The van der Waals surface area contributed by atoms with Crippen LogP contribution >= 0.6 is 23.2 Å². The summed E-state index contributed by atoms with van der Waals surface area (Å²) in [5.41, 5.74) is 2.00. The van der Waals surface area contributed by atoms with Crippen LogP contribution in [-0.4, -0.2) is 35.1 Å². The van der Waals surface area contributed by atoms with Crippen molar-refractivity contribution in [2.75, 3.05) is 20.6 Å². The van der Waals surface area contributed by atoms with E-state index in [0.717, 1.165) is 29.9 Å². The fraction of sp³-hybridized carbons (Fsp3) is 0.417. The molecule has 0 aliphatic rings. The van der Waals surface area contributed by atoms with Crippen LogP contribution in [0.4, 0.5) is 0 Å². The quantitative estimate of drug-likeness (QED) is 0.798. The molecule has 0 fully saturated rings. The van der Waals surface area contributed by atoms with Crippen LogP contribution < -0.4 is 0 Å². The number of imidazole rings is 1. The van der Waals surface area contributed by atoms with E-state index in [1.807, 2.05) is 18.2 Å². The van der Waals surface area contributed by atoms with Crippen LogP contribution in [0.2, 0.25) is 5.02 Å². The van der Waals surface area contributed by atoms with Gasteiger partial charge in [0.25, 0.3) is 0 Å². The lowest BCUT2D eigenvalue weighted by atomic mass is 10.3. The first-order chi connectivity index (χ1) is 8.11. The molecular formula is C12H15Cl2N3. The van der Waals surface area contributed by atoms with Crippen molar-refractivity contribution in [2.45, 2.75) is 12.4 Å². The van der Waals surface area contributed by atoms with Crippen molar-refractivity contribution in [3.8, 4) is 0 Å². The lowest BCUT2D eigenvalue weighted by Gasteiger charge is -2.12. The first-order valence-electron chi connectivity index (χ1n) is 5.47. The van der Waals surface area contributed by atoms with Gasteiger partial charge in [0.15, 0.2) is 0 Å². The highest BCUT2D eigenvalue weighted by Crippen LogP contribution is 2.21. The van der Waals surface area contributed by atoms with E-state index in [1.165, 1.54) is 0 Å². The van der Waals surface area contributed by atoms with Gasteiger partial charge in [-0.3, -0.25) is 0 Å². The molecule has 1 aromatic heterocycles. The number of nitrogens with zero attached hydrogens (tertiary/aromatic N) is 3. The number of alkyl halides is 1. The van der Waals surface area contributed by atoms with E-state index in [2.05, 4.69) is 28.5 Å². The number of rotatable bonds is 4. The van der Waals surface area contributed by atoms with Crippen molar-refractivity contribution in [1.82, 2.24) is 14.5 Å². The number of fused-ring (bicyclic) bond motifs is 1. The molecule has 2 rings (SSSR count). The fourth-order valence-electron chi connectivity index (χ4n) is 1.80. The highest BCUT2D eigenvalue weighted by Gasteiger charge is 2.10. The van der Waals surface area contributed by atoms with E-state index in [-0.39, 0.29) is 0 Å². The van der Waals surface area contributed by atoms with Gasteiger partial charge in [-0.05, 0) is 32.3 Å². The molecule has 0 aliphatic heterocycles. The van der Waals surface area contributed by atoms with Gasteiger partial charge in [0.2, 0.25) is 0 Å². The standard InChI is InChI=1S/C12H15Cl2N3/c1-16(2)5-6-17-11-4-3-9(14)7-10(11)15-12(17)8-13/h3-4,7H,5-6,8H2,1-2H3. The SMILES string of the molecule is CN(C)CCn1c(CCl)nc2cc(Cl)ccc21. The fourth-order valence-corrected chi connectivity index (χ4v) is 2.17. The highest BCUT2D eigenvalue weighted by molar-refractivity contribution is 6.31. The summed E-state index contributed by atoms with van der Waals surface area (Å²) < 4.78 is 2.15. The van der Waals surface area contributed by atoms with E-state index >= 15 is 0 Å². The summed E-state index contributed by atoms with van der Waals surface area (Å²) in [6, 6.07) is 5.76.